The molecule has 0 amide bonds. The number of halogens is 2. The molecule has 0 aromatic heterocycles. The summed E-state index contributed by atoms with van der Waals surface area (Å²) in [4.78, 5) is 4.21. The number of hydrogen-bond acceptors (Lipinski definition) is 1. The topological polar surface area (TPSA) is 36.4 Å². The van der Waals surface area contributed by atoms with Gasteiger partial charge in [0.2, 0.25) is 0 Å². The van der Waals surface area contributed by atoms with Gasteiger partial charge in [0.15, 0.2) is 5.96 Å². The van der Waals surface area contributed by atoms with Crippen LogP contribution in [-0.4, -0.2) is 19.0 Å². The Morgan fingerprint density at radius 3 is 2.26 bits per heavy atom. The molecule has 0 aliphatic rings. The van der Waals surface area contributed by atoms with Crippen LogP contribution in [0.3, 0.4) is 0 Å². The van der Waals surface area contributed by atoms with Crippen molar-refractivity contribution >= 4 is 41.5 Å². The van der Waals surface area contributed by atoms with Crippen LogP contribution in [0.2, 0.25) is 5.02 Å². The Bertz CT molecular complexity index is 390. The van der Waals surface area contributed by atoms with Gasteiger partial charge in [-0.05, 0) is 30.5 Å². The molecule has 0 fully saturated rings. The average molecular weight is 396 g/mol. The molecule has 2 N–H and O–H groups in total. The lowest BCUT2D eigenvalue weighted by Gasteiger charge is -2.20. The van der Waals surface area contributed by atoms with Crippen LogP contribution in [0.15, 0.2) is 29.3 Å². The maximum atomic E-state index is 5.85. The molecular weight excluding hydrogens is 373 g/mol. The summed E-state index contributed by atoms with van der Waals surface area (Å²) in [5, 5.41) is 7.41. The summed E-state index contributed by atoms with van der Waals surface area (Å²) in [6, 6.07) is 8.20. The van der Waals surface area contributed by atoms with E-state index in [1.807, 2.05) is 24.3 Å². The van der Waals surface area contributed by atoms with E-state index in [0.717, 1.165) is 17.5 Å². The van der Waals surface area contributed by atoms with Crippen molar-refractivity contribution in [3.8, 4) is 0 Å². The predicted molar refractivity (Wildman–Crippen MR) is 94.5 cm³/mol. The van der Waals surface area contributed by atoms with Crippen LogP contribution in [0.25, 0.3) is 0 Å². The molecule has 0 aliphatic carbocycles. The monoisotopic (exact) mass is 395 g/mol. The van der Waals surface area contributed by atoms with Crippen molar-refractivity contribution in [1.29, 1.82) is 0 Å². The number of nitrogens with zero attached hydrogens (tertiary/aromatic N) is 1. The van der Waals surface area contributed by atoms with Crippen molar-refractivity contribution in [2.75, 3.05) is 7.05 Å². The smallest absolute Gasteiger partial charge is 0.191 e. The Morgan fingerprint density at radius 1 is 1.21 bits per heavy atom. The molecule has 108 valence electrons. The van der Waals surface area contributed by atoms with Gasteiger partial charge in [-0.1, -0.05) is 37.6 Å². The molecule has 1 aromatic rings. The number of rotatable bonds is 4. The van der Waals surface area contributed by atoms with Crippen LogP contribution in [0, 0.1) is 5.92 Å². The largest absolute Gasteiger partial charge is 0.354 e. The molecule has 0 saturated heterocycles. The van der Waals surface area contributed by atoms with Crippen LogP contribution in [0.5, 0.6) is 0 Å². The maximum Gasteiger partial charge on any atom is 0.191 e. The molecule has 0 saturated carbocycles. The highest BCUT2D eigenvalue weighted by molar-refractivity contribution is 14.0. The van der Waals surface area contributed by atoms with Crippen LogP contribution in [0.4, 0.5) is 0 Å². The Balaban J connectivity index is 0.00000324. The quantitative estimate of drug-likeness (QED) is 0.464. The fraction of sp³-hybridized carbons (Fsp3) is 0.500. The Labute approximate surface area is 138 Å². The van der Waals surface area contributed by atoms with Crippen LogP contribution >= 0.6 is 35.6 Å². The fourth-order valence-corrected chi connectivity index (χ4v) is 1.49. The normalized spacial score (nSPS) is 12.8. The van der Waals surface area contributed by atoms with Crippen molar-refractivity contribution in [2.45, 2.75) is 33.4 Å². The van der Waals surface area contributed by atoms with Crippen molar-refractivity contribution in [2.24, 2.45) is 10.9 Å². The number of aliphatic imine (C=N–C) groups is 1. The van der Waals surface area contributed by atoms with Gasteiger partial charge in [-0.2, -0.15) is 0 Å². The third-order valence-corrected chi connectivity index (χ3v) is 3.21. The zero-order valence-corrected chi connectivity index (χ0v) is 15.0. The molecule has 0 radical (unpaired) electrons. The molecule has 5 heteroatoms. The summed E-state index contributed by atoms with van der Waals surface area (Å²) in [6.45, 7) is 7.26. The second-order valence-electron chi connectivity index (χ2n) is 4.73. The van der Waals surface area contributed by atoms with E-state index in [1.54, 1.807) is 7.05 Å². The zero-order valence-electron chi connectivity index (χ0n) is 11.9. The van der Waals surface area contributed by atoms with Gasteiger partial charge in [0, 0.05) is 24.7 Å². The van der Waals surface area contributed by atoms with Gasteiger partial charge in [-0.25, -0.2) is 0 Å². The van der Waals surface area contributed by atoms with E-state index < -0.39 is 0 Å². The van der Waals surface area contributed by atoms with Crippen LogP contribution in [-0.2, 0) is 6.54 Å². The molecule has 19 heavy (non-hydrogen) atoms. The molecular formula is C14H23ClIN3. The van der Waals surface area contributed by atoms with Gasteiger partial charge in [-0.3, -0.25) is 4.99 Å². The van der Waals surface area contributed by atoms with Crippen molar-refractivity contribution < 1.29 is 0 Å². The maximum absolute atomic E-state index is 5.85. The lowest BCUT2D eigenvalue weighted by atomic mass is 10.1. The number of hydrogen-bond donors (Lipinski definition) is 2. The SMILES string of the molecule is CN=C(NCc1ccc(Cl)cc1)NC(C)C(C)C.I. The lowest BCUT2D eigenvalue weighted by Crippen LogP contribution is -2.43. The van der Waals surface area contributed by atoms with Gasteiger partial charge in [0.05, 0.1) is 0 Å². The van der Waals surface area contributed by atoms with Crippen molar-refractivity contribution in [1.82, 2.24) is 10.6 Å². The number of guanidine groups is 1. The Hall–Kier alpha value is -0.490. The van der Waals surface area contributed by atoms with Crippen LogP contribution < -0.4 is 10.6 Å². The second-order valence-corrected chi connectivity index (χ2v) is 5.17. The molecule has 1 rings (SSSR count). The molecule has 0 aliphatic heterocycles. The zero-order chi connectivity index (χ0) is 13.5. The highest BCUT2D eigenvalue weighted by Crippen LogP contribution is 2.09. The van der Waals surface area contributed by atoms with Gasteiger partial charge >= 0.3 is 0 Å². The molecule has 0 heterocycles. The van der Waals surface area contributed by atoms with E-state index in [2.05, 4.69) is 36.4 Å². The van der Waals surface area contributed by atoms with Gasteiger partial charge < -0.3 is 10.6 Å². The van der Waals surface area contributed by atoms with Gasteiger partial charge in [0.25, 0.3) is 0 Å². The van der Waals surface area contributed by atoms with Crippen LogP contribution in [0.1, 0.15) is 26.3 Å². The summed E-state index contributed by atoms with van der Waals surface area (Å²) in [7, 11) is 1.78. The van der Waals surface area contributed by atoms with E-state index in [-0.39, 0.29) is 24.0 Å². The molecule has 1 atom stereocenters. The van der Waals surface area contributed by atoms with Gasteiger partial charge in [0.1, 0.15) is 0 Å². The standard InChI is InChI=1S/C14H22ClN3.HI/c1-10(2)11(3)18-14(16-4)17-9-12-5-7-13(15)8-6-12;/h5-8,10-11H,9H2,1-4H3,(H2,16,17,18);1H. The molecule has 1 aromatic carbocycles. The third kappa shape index (κ3) is 7.01. The van der Waals surface area contributed by atoms with Crippen molar-refractivity contribution in [3.05, 3.63) is 34.9 Å². The third-order valence-electron chi connectivity index (χ3n) is 2.96. The first-order valence-corrected chi connectivity index (χ1v) is 6.62. The summed E-state index contributed by atoms with van der Waals surface area (Å²) in [6.07, 6.45) is 0. The molecule has 0 bridgehead atoms. The Kier molecular flexibility index (Phi) is 9.18. The van der Waals surface area contributed by atoms with E-state index in [4.69, 9.17) is 11.6 Å². The summed E-state index contributed by atoms with van der Waals surface area (Å²) in [5.41, 5.74) is 1.18. The molecule has 3 nitrogen and oxygen atoms in total. The summed E-state index contributed by atoms with van der Waals surface area (Å²) >= 11 is 5.85. The Morgan fingerprint density at radius 2 is 1.79 bits per heavy atom. The first-order chi connectivity index (χ1) is 8.52. The van der Waals surface area contributed by atoms with Gasteiger partial charge in [-0.15, -0.1) is 24.0 Å². The second kappa shape index (κ2) is 9.42. The fourth-order valence-electron chi connectivity index (χ4n) is 1.36. The minimum absolute atomic E-state index is 0. The average Bonchev–Trinajstić information content (AvgIpc) is 2.35. The minimum atomic E-state index is 0. The molecule has 1 unspecified atom stereocenters. The highest BCUT2D eigenvalue weighted by atomic mass is 127. The van der Waals surface area contributed by atoms with E-state index in [0.29, 0.717) is 12.0 Å². The summed E-state index contributed by atoms with van der Waals surface area (Å²) in [5.74, 6) is 1.39. The first-order valence-electron chi connectivity index (χ1n) is 6.24. The van der Waals surface area contributed by atoms with E-state index >= 15 is 0 Å². The minimum Gasteiger partial charge on any atom is -0.354 e. The lowest BCUT2D eigenvalue weighted by molar-refractivity contribution is 0.481. The number of benzene rings is 1. The predicted octanol–water partition coefficient (Wildman–Crippen LogP) is 3.67. The van der Waals surface area contributed by atoms with E-state index in [9.17, 15) is 0 Å². The summed E-state index contributed by atoms with van der Waals surface area (Å²) < 4.78 is 0. The van der Waals surface area contributed by atoms with Crippen molar-refractivity contribution in [3.63, 3.8) is 0 Å². The molecule has 0 spiro atoms. The first kappa shape index (κ1) is 18.5. The van der Waals surface area contributed by atoms with E-state index in [1.165, 1.54) is 5.56 Å². The highest BCUT2D eigenvalue weighted by Gasteiger charge is 2.08. The number of nitrogens with one attached hydrogen (secondary N) is 2.